The quantitative estimate of drug-likeness (QED) is 0.671. The van der Waals surface area contributed by atoms with Gasteiger partial charge in [0, 0.05) is 37.8 Å². The van der Waals surface area contributed by atoms with E-state index in [4.69, 9.17) is 0 Å². The van der Waals surface area contributed by atoms with E-state index in [1.807, 2.05) is 18.2 Å². The van der Waals surface area contributed by atoms with Crippen LogP contribution in [0.4, 0.5) is 11.5 Å². The maximum Gasteiger partial charge on any atom is 0.172 e. The van der Waals surface area contributed by atoms with Crippen LogP contribution >= 0.6 is 0 Å². The molecule has 1 aromatic carbocycles. The highest BCUT2D eigenvalue weighted by molar-refractivity contribution is 5.76. The molecule has 0 amide bonds. The summed E-state index contributed by atoms with van der Waals surface area (Å²) in [5.41, 5.74) is 3.21. The summed E-state index contributed by atoms with van der Waals surface area (Å²) in [5, 5.41) is 26.1. The maximum absolute atomic E-state index is 10.3. The number of nitrogens with one attached hydrogen (secondary N) is 2. The number of hydrogen-bond donors (Lipinski definition) is 3. The molecule has 7 heteroatoms. The van der Waals surface area contributed by atoms with Crippen molar-refractivity contribution in [2.24, 2.45) is 5.41 Å². The van der Waals surface area contributed by atoms with Crippen molar-refractivity contribution in [3.63, 3.8) is 0 Å². The molecule has 0 unspecified atom stereocenters. The third-order valence-electron chi connectivity index (χ3n) is 8.48. The fraction of sp³-hybridized carbons (Fsp3) is 0.600. The molecule has 0 radical (unpaired) electrons. The second-order valence-corrected chi connectivity index (χ2v) is 10.2. The zero-order valence-corrected chi connectivity index (χ0v) is 18.8. The fourth-order valence-electron chi connectivity index (χ4n) is 6.50. The van der Waals surface area contributed by atoms with Crippen LogP contribution in [-0.2, 0) is 0 Å². The van der Waals surface area contributed by atoms with Gasteiger partial charge in [-0.3, -0.25) is 4.90 Å². The first-order valence-electron chi connectivity index (χ1n) is 12.3. The highest BCUT2D eigenvalue weighted by Gasteiger charge is 2.40. The lowest BCUT2D eigenvalue weighted by Crippen LogP contribution is -2.60. The van der Waals surface area contributed by atoms with Crippen LogP contribution in [0, 0.1) is 5.41 Å². The van der Waals surface area contributed by atoms with Crippen molar-refractivity contribution in [3.05, 3.63) is 30.3 Å². The molecule has 170 valence electrons. The molecule has 7 nitrogen and oxygen atoms in total. The van der Waals surface area contributed by atoms with Crippen LogP contribution in [0.15, 0.2) is 30.3 Å². The summed E-state index contributed by atoms with van der Waals surface area (Å²) in [4.78, 5) is 5.28. The Kier molecular flexibility index (Phi) is 5.18. The average Bonchev–Trinajstić information content (AvgIpc) is 2.84. The van der Waals surface area contributed by atoms with Gasteiger partial charge in [0.15, 0.2) is 5.82 Å². The molecule has 3 aliphatic heterocycles. The largest absolute Gasteiger partial charge is 0.507 e. The van der Waals surface area contributed by atoms with Crippen LogP contribution in [0.3, 0.4) is 0 Å². The van der Waals surface area contributed by atoms with Crippen molar-refractivity contribution in [1.29, 1.82) is 0 Å². The third-order valence-corrected chi connectivity index (χ3v) is 8.48. The molecule has 3 N–H and O–H groups in total. The van der Waals surface area contributed by atoms with Crippen LogP contribution in [0.2, 0.25) is 0 Å². The van der Waals surface area contributed by atoms with Crippen LogP contribution in [-0.4, -0.2) is 71.6 Å². The summed E-state index contributed by atoms with van der Waals surface area (Å²) in [6, 6.07) is 10.6. The molecule has 1 saturated carbocycles. The lowest BCUT2D eigenvalue weighted by Gasteiger charge is -2.51. The number of aromatic nitrogens is 2. The number of phenolic OH excluding ortho intramolecular Hbond substituents is 1. The standard InChI is InChI=1S/C25H34N6O/c32-23-4-2-1-3-20(23)21-15-22-24(29-28-21)27-16-19-17-30(13-14-31(19)22)18-5-7-25(8-6-18)9-11-26-12-10-25/h1-4,15,18-19,26,32H,5-14,16-17H2,(H,27,29)/t19-/m0/s1. The molecule has 1 spiro atoms. The Morgan fingerprint density at radius 2 is 1.78 bits per heavy atom. The Labute approximate surface area is 190 Å². The van der Waals surface area contributed by atoms with E-state index in [-0.39, 0.29) is 5.75 Å². The molecule has 32 heavy (non-hydrogen) atoms. The molecule has 1 aromatic heterocycles. The second-order valence-electron chi connectivity index (χ2n) is 10.2. The Hall–Kier alpha value is -2.38. The zero-order chi connectivity index (χ0) is 21.5. The van der Waals surface area contributed by atoms with Gasteiger partial charge in [0.1, 0.15) is 5.75 Å². The molecule has 6 rings (SSSR count). The number of nitrogens with zero attached hydrogens (tertiary/aromatic N) is 4. The molecule has 4 aliphatic rings. The van der Waals surface area contributed by atoms with E-state index in [1.165, 1.54) is 51.6 Å². The molecule has 2 aromatic rings. The van der Waals surface area contributed by atoms with Crippen molar-refractivity contribution in [2.75, 3.05) is 49.5 Å². The summed E-state index contributed by atoms with van der Waals surface area (Å²) in [6.07, 6.45) is 8.28. The Balaban J connectivity index is 1.16. The molecular weight excluding hydrogens is 400 g/mol. The summed E-state index contributed by atoms with van der Waals surface area (Å²) in [6.45, 7) is 6.58. The minimum atomic E-state index is 0.246. The smallest absolute Gasteiger partial charge is 0.172 e. The molecule has 1 aliphatic carbocycles. The summed E-state index contributed by atoms with van der Waals surface area (Å²) < 4.78 is 0. The van der Waals surface area contributed by atoms with Gasteiger partial charge in [-0.1, -0.05) is 12.1 Å². The van der Waals surface area contributed by atoms with Crippen molar-refractivity contribution < 1.29 is 5.11 Å². The van der Waals surface area contributed by atoms with Crippen molar-refractivity contribution in [3.8, 4) is 17.0 Å². The lowest BCUT2D eigenvalue weighted by atomic mass is 9.67. The van der Waals surface area contributed by atoms with E-state index in [1.54, 1.807) is 6.07 Å². The van der Waals surface area contributed by atoms with Gasteiger partial charge < -0.3 is 20.6 Å². The molecule has 2 saturated heterocycles. The number of benzene rings is 1. The highest BCUT2D eigenvalue weighted by atomic mass is 16.3. The third kappa shape index (κ3) is 3.61. The molecular formula is C25H34N6O. The fourth-order valence-corrected chi connectivity index (χ4v) is 6.50. The van der Waals surface area contributed by atoms with E-state index in [9.17, 15) is 5.11 Å². The number of anilines is 2. The summed E-state index contributed by atoms with van der Waals surface area (Å²) >= 11 is 0. The van der Waals surface area contributed by atoms with E-state index < -0.39 is 0 Å². The molecule has 0 bridgehead atoms. The minimum Gasteiger partial charge on any atom is -0.507 e. The second kappa shape index (κ2) is 8.19. The maximum atomic E-state index is 10.3. The average molecular weight is 435 g/mol. The number of aromatic hydroxyl groups is 1. The van der Waals surface area contributed by atoms with E-state index in [0.29, 0.717) is 11.5 Å². The number of fused-ring (bicyclic) bond motifs is 3. The van der Waals surface area contributed by atoms with Crippen molar-refractivity contribution in [2.45, 2.75) is 50.6 Å². The van der Waals surface area contributed by atoms with Gasteiger partial charge in [0.2, 0.25) is 0 Å². The van der Waals surface area contributed by atoms with Crippen LogP contribution in [0.25, 0.3) is 11.3 Å². The first-order valence-corrected chi connectivity index (χ1v) is 12.3. The molecule has 3 fully saturated rings. The summed E-state index contributed by atoms with van der Waals surface area (Å²) in [7, 11) is 0. The first-order chi connectivity index (χ1) is 15.7. The van der Waals surface area contributed by atoms with Gasteiger partial charge in [-0.2, -0.15) is 0 Å². The van der Waals surface area contributed by atoms with Gasteiger partial charge in [-0.25, -0.2) is 0 Å². The highest BCUT2D eigenvalue weighted by Crippen LogP contribution is 2.45. The van der Waals surface area contributed by atoms with Crippen LogP contribution < -0.4 is 15.5 Å². The topological polar surface area (TPSA) is 76.5 Å². The number of phenols is 1. The SMILES string of the molecule is Oc1ccccc1-c1cc2c(nn1)NC[C@H]1CN(C3CCC4(CCNCC4)CC3)CCN21. The van der Waals surface area contributed by atoms with E-state index in [2.05, 4.69) is 36.7 Å². The zero-order valence-electron chi connectivity index (χ0n) is 18.8. The molecule has 1 atom stereocenters. The Bertz CT molecular complexity index is 965. The van der Waals surface area contributed by atoms with E-state index in [0.717, 1.165) is 55.0 Å². The number of rotatable bonds is 2. The first kappa shape index (κ1) is 20.2. The summed E-state index contributed by atoms with van der Waals surface area (Å²) in [5.74, 6) is 1.11. The van der Waals surface area contributed by atoms with Crippen molar-refractivity contribution in [1.82, 2.24) is 20.4 Å². The van der Waals surface area contributed by atoms with Gasteiger partial charge in [0.25, 0.3) is 0 Å². The predicted octanol–water partition coefficient (Wildman–Crippen LogP) is 3.08. The van der Waals surface area contributed by atoms with Gasteiger partial charge in [-0.05, 0) is 75.2 Å². The number of piperazine rings is 1. The lowest BCUT2D eigenvalue weighted by molar-refractivity contribution is 0.0565. The Morgan fingerprint density at radius 1 is 0.969 bits per heavy atom. The predicted molar refractivity (Wildman–Crippen MR) is 127 cm³/mol. The number of piperidine rings is 1. The van der Waals surface area contributed by atoms with Crippen LogP contribution in [0.1, 0.15) is 38.5 Å². The number of para-hydroxylation sites is 1. The van der Waals surface area contributed by atoms with Gasteiger partial charge >= 0.3 is 0 Å². The minimum absolute atomic E-state index is 0.246. The van der Waals surface area contributed by atoms with Gasteiger partial charge in [0.05, 0.1) is 17.4 Å². The van der Waals surface area contributed by atoms with Crippen LogP contribution in [0.5, 0.6) is 5.75 Å². The van der Waals surface area contributed by atoms with Gasteiger partial charge in [-0.15, -0.1) is 10.2 Å². The number of hydrogen-bond acceptors (Lipinski definition) is 7. The Morgan fingerprint density at radius 3 is 2.59 bits per heavy atom. The normalized spacial score (nSPS) is 25.8. The van der Waals surface area contributed by atoms with E-state index >= 15 is 0 Å². The molecule has 4 heterocycles. The monoisotopic (exact) mass is 434 g/mol. The van der Waals surface area contributed by atoms with Crippen molar-refractivity contribution >= 4 is 11.5 Å².